The number of rotatable bonds is 5. The maximum absolute atomic E-state index is 10.9. The normalized spacial score (nSPS) is 10.9. The van der Waals surface area contributed by atoms with Crippen molar-refractivity contribution in [2.45, 2.75) is 33.6 Å². The van der Waals surface area contributed by atoms with E-state index in [2.05, 4.69) is 0 Å². The first-order valence-electron chi connectivity index (χ1n) is 4.36. The Labute approximate surface area is 106 Å². The van der Waals surface area contributed by atoms with Crippen LogP contribution in [0.15, 0.2) is 0 Å². The van der Waals surface area contributed by atoms with Crippen molar-refractivity contribution in [3.05, 3.63) is 0 Å². The first-order chi connectivity index (χ1) is 5.89. The van der Waals surface area contributed by atoms with Crippen molar-refractivity contribution < 1.29 is 19.8 Å². The summed E-state index contributed by atoms with van der Waals surface area (Å²) in [7, 11) is 0. The molecule has 14 heavy (non-hydrogen) atoms. The third-order valence-electron chi connectivity index (χ3n) is 2.39. The molecule has 0 aliphatic rings. The topological polar surface area (TPSA) is 74.6 Å². The van der Waals surface area contributed by atoms with Gasteiger partial charge in [0, 0.05) is 0 Å². The summed E-state index contributed by atoms with van der Waals surface area (Å²) in [4.78, 5) is 21.8. The van der Waals surface area contributed by atoms with E-state index < -0.39 is 23.3 Å². The molecule has 0 spiro atoms. The van der Waals surface area contributed by atoms with E-state index in [4.69, 9.17) is 10.2 Å². The molecule has 0 aromatic heterocycles. The molecule has 0 fully saturated rings. The van der Waals surface area contributed by atoms with Crippen LogP contribution in [0.5, 0.6) is 0 Å². The molecule has 0 rings (SSSR count). The van der Waals surface area contributed by atoms with Gasteiger partial charge in [-0.25, -0.2) is 0 Å². The van der Waals surface area contributed by atoms with E-state index in [1.165, 1.54) is 0 Å². The predicted octanol–water partition coefficient (Wildman–Crippen LogP) is 0.950. The van der Waals surface area contributed by atoms with Crippen molar-refractivity contribution in [1.82, 2.24) is 0 Å². The summed E-state index contributed by atoms with van der Waals surface area (Å²) in [6.07, 6.45) is 0.728. The van der Waals surface area contributed by atoms with Crippen LogP contribution in [0.25, 0.3) is 0 Å². The monoisotopic (exact) mass is 212 g/mol. The molecular weight excluding hydrogens is 195 g/mol. The molecular formula is C9H17NaO4. The van der Waals surface area contributed by atoms with Crippen molar-refractivity contribution in [3.63, 3.8) is 0 Å². The van der Waals surface area contributed by atoms with Crippen LogP contribution in [0.2, 0.25) is 0 Å². The van der Waals surface area contributed by atoms with Crippen molar-refractivity contribution in [2.24, 2.45) is 11.3 Å². The van der Waals surface area contributed by atoms with Crippen LogP contribution in [-0.4, -0.2) is 51.7 Å². The van der Waals surface area contributed by atoms with E-state index in [-0.39, 0.29) is 36.0 Å². The van der Waals surface area contributed by atoms with E-state index in [0.717, 1.165) is 0 Å². The van der Waals surface area contributed by atoms with E-state index in [0.29, 0.717) is 6.42 Å². The van der Waals surface area contributed by atoms with E-state index in [1.807, 2.05) is 0 Å². The van der Waals surface area contributed by atoms with Gasteiger partial charge in [0.05, 0.1) is 0 Å². The van der Waals surface area contributed by atoms with Crippen LogP contribution in [0.1, 0.15) is 33.6 Å². The minimum absolute atomic E-state index is 0. The molecule has 0 aromatic rings. The molecule has 0 aliphatic carbocycles. The fourth-order valence-electron chi connectivity index (χ4n) is 1.48. The summed E-state index contributed by atoms with van der Waals surface area (Å²) in [5.41, 5.74) is -1.62. The molecule has 0 saturated carbocycles. The van der Waals surface area contributed by atoms with Crippen molar-refractivity contribution in [1.29, 1.82) is 0 Å². The number of carbonyl (C=O) groups is 2. The molecule has 0 aromatic carbocycles. The number of hydrogen-bond acceptors (Lipinski definition) is 2. The summed E-state index contributed by atoms with van der Waals surface area (Å²) in [5.74, 6) is -2.88. The average molecular weight is 212 g/mol. The van der Waals surface area contributed by atoms with Crippen LogP contribution in [0.3, 0.4) is 0 Å². The number of carboxylic acid groups (broad SMARTS) is 2. The third kappa shape index (κ3) is 2.97. The average Bonchev–Trinajstić information content (AvgIpc) is 1.97. The molecule has 78 valence electrons. The van der Waals surface area contributed by atoms with Gasteiger partial charge in [0.15, 0.2) is 5.41 Å². The molecule has 0 bridgehead atoms. The standard InChI is InChI=1S/C9H16O4.Na.H/c1-4-5-9(6(2)3,7(10)11)8(12)13;;/h6H,4-5H2,1-3H3,(H,10,11)(H,12,13);;. The van der Waals surface area contributed by atoms with Gasteiger partial charge in [0.2, 0.25) is 0 Å². The van der Waals surface area contributed by atoms with E-state index in [9.17, 15) is 9.59 Å². The van der Waals surface area contributed by atoms with Gasteiger partial charge in [0.25, 0.3) is 0 Å². The van der Waals surface area contributed by atoms with Gasteiger partial charge in [-0.3, -0.25) is 9.59 Å². The van der Waals surface area contributed by atoms with Crippen LogP contribution in [0, 0.1) is 11.3 Å². The molecule has 0 saturated heterocycles. The molecule has 0 atom stereocenters. The molecule has 2 N–H and O–H groups in total. The molecule has 4 nitrogen and oxygen atoms in total. The van der Waals surface area contributed by atoms with Gasteiger partial charge >= 0.3 is 41.5 Å². The molecule has 0 unspecified atom stereocenters. The Kier molecular flexibility index (Phi) is 7.52. The van der Waals surface area contributed by atoms with Gasteiger partial charge < -0.3 is 10.2 Å². The van der Waals surface area contributed by atoms with Crippen molar-refractivity contribution in [3.8, 4) is 0 Å². The first-order valence-corrected chi connectivity index (χ1v) is 4.36. The van der Waals surface area contributed by atoms with Gasteiger partial charge in [-0.1, -0.05) is 27.2 Å². The predicted molar refractivity (Wildman–Crippen MR) is 54.6 cm³/mol. The summed E-state index contributed by atoms with van der Waals surface area (Å²) in [5, 5.41) is 17.8. The molecule has 0 aliphatic heterocycles. The van der Waals surface area contributed by atoms with E-state index >= 15 is 0 Å². The zero-order valence-electron chi connectivity index (χ0n) is 8.20. The van der Waals surface area contributed by atoms with Gasteiger partial charge in [0.1, 0.15) is 0 Å². The zero-order valence-corrected chi connectivity index (χ0v) is 8.20. The Morgan fingerprint density at radius 2 is 1.57 bits per heavy atom. The minimum atomic E-state index is -1.62. The Bertz CT molecular complexity index is 199. The SMILES string of the molecule is CCCC(C(=O)O)(C(=O)O)C(C)C.[NaH]. The zero-order chi connectivity index (χ0) is 10.6. The fraction of sp³-hybridized carbons (Fsp3) is 0.778. The summed E-state index contributed by atoms with van der Waals surface area (Å²) in [6.45, 7) is 5.03. The summed E-state index contributed by atoms with van der Waals surface area (Å²) >= 11 is 0. The van der Waals surface area contributed by atoms with Crippen molar-refractivity contribution >= 4 is 41.5 Å². The van der Waals surface area contributed by atoms with Crippen LogP contribution in [-0.2, 0) is 9.59 Å². The van der Waals surface area contributed by atoms with Crippen LogP contribution < -0.4 is 0 Å². The Balaban J connectivity index is 0. The second-order valence-electron chi connectivity index (χ2n) is 3.49. The Morgan fingerprint density at radius 1 is 1.21 bits per heavy atom. The second kappa shape index (κ2) is 6.43. The number of aliphatic carboxylic acids is 2. The van der Waals surface area contributed by atoms with Crippen LogP contribution in [0.4, 0.5) is 0 Å². The quantitative estimate of drug-likeness (QED) is 0.525. The van der Waals surface area contributed by atoms with Gasteiger partial charge in [-0.15, -0.1) is 0 Å². The number of carboxylic acids is 2. The first kappa shape index (κ1) is 16.4. The fourth-order valence-corrected chi connectivity index (χ4v) is 1.48. The Hall–Kier alpha value is -0.0600. The van der Waals surface area contributed by atoms with Gasteiger partial charge in [-0.05, 0) is 12.3 Å². The summed E-state index contributed by atoms with van der Waals surface area (Å²) < 4.78 is 0. The molecule has 5 heteroatoms. The van der Waals surface area contributed by atoms with Crippen molar-refractivity contribution in [2.75, 3.05) is 0 Å². The number of hydrogen-bond donors (Lipinski definition) is 2. The van der Waals surface area contributed by atoms with Gasteiger partial charge in [-0.2, -0.15) is 0 Å². The molecule has 0 radical (unpaired) electrons. The Morgan fingerprint density at radius 3 is 1.64 bits per heavy atom. The second-order valence-corrected chi connectivity index (χ2v) is 3.49. The summed E-state index contributed by atoms with van der Waals surface area (Å²) in [6, 6.07) is 0. The molecule has 0 amide bonds. The maximum atomic E-state index is 10.9. The van der Waals surface area contributed by atoms with Crippen LogP contribution >= 0.6 is 0 Å². The van der Waals surface area contributed by atoms with E-state index in [1.54, 1.807) is 20.8 Å². The third-order valence-corrected chi connectivity index (χ3v) is 2.39. The molecule has 0 heterocycles.